The van der Waals surface area contributed by atoms with Crippen molar-refractivity contribution in [2.45, 2.75) is 112 Å². The molecule has 0 radical (unpaired) electrons. The molecule has 0 saturated carbocycles. The Hall–Kier alpha value is -3.31. The number of nitrogens with one attached hydrogen (secondary N) is 1. The average Bonchev–Trinajstić information content (AvgIpc) is 3.47. The molecule has 0 bridgehead atoms. The first kappa shape index (κ1) is 37.9. The van der Waals surface area contributed by atoms with E-state index in [0.717, 1.165) is 18.4 Å². The number of carbonyl (C=O) groups excluding carboxylic acids is 3. The number of thiazole rings is 1. The van der Waals surface area contributed by atoms with Crippen LogP contribution in [0.15, 0.2) is 35.7 Å². The van der Waals surface area contributed by atoms with Gasteiger partial charge in [0.2, 0.25) is 5.91 Å². The molecule has 4 N–H and O–H groups in total. The molecule has 0 aliphatic rings. The van der Waals surface area contributed by atoms with Crippen LogP contribution in [0.3, 0.4) is 0 Å². The number of carboxylic acids is 1. The Kier molecular flexibility index (Phi) is 14.6. The van der Waals surface area contributed by atoms with Crippen molar-refractivity contribution in [3.63, 3.8) is 0 Å². The molecule has 10 nitrogen and oxygen atoms in total. The highest BCUT2D eigenvalue weighted by atomic mass is 32.1. The largest absolute Gasteiger partial charge is 0.481 e. The number of aromatic nitrogens is 1. The summed E-state index contributed by atoms with van der Waals surface area (Å²) < 4.78 is 5.74. The molecule has 2 rings (SSSR count). The van der Waals surface area contributed by atoms with E-state index in [4.69, 9.17) is 10.5 Å². The van der Waals surface area contributed by atoms with Crippen LogP contribution in [0, 0.1) is 17.3 Å². The molecule has 0 unspecified atom stereocenters. The van der Waals surface area contributed by atoms with Crippen molar-refractivity contribution in [2.75, 3.05) is 6.54 Å². The van der Waals surface area contributed by atoms with Crippen molar-refractivity contribution >= 4 is 35.1 Å². The first-order valence-corrected chi connectivity index (χ1v) is 16.8. The van der Waals surface area contributed by atoms with Crippen molar-refractivity contribution in [1.82, 2.24) is 15.2 Å². The Morgan fingerprint density at radius 2 is 1.76 bits per heavy atom. The van der Waals surface area contributed by atoms with Crippen LogP contribution >= 0.6 is 11.3 Å². The van der Waals surface area contributed by atoms with Crippen LogP contribution in [0.5, 0.6) is 0 Å². The van der Waals surface area contributed by atoms with Gasteiger partial charge >= 0.3 is 11.9 Å². The van der Waals surface area contributed by atoms with Gasteiger partial charge in [0, 0.05) is 37.4 Å². The SMILES string of the molecule is CCCN(C(=O)[C@@H](N)[C@@H](C)CC)[C@H](C[C@@H](OC(C)=O)c1nc(C(=O)N[C@@H](Cc2ccccc2)CC(C)(C)C(=O)O)cs1)C(C)C. The highest BCUT2D eigenvalue weighted by Gasteiger charge is 2.36. The van der Waals surface area contributed by atoms with Crippen LogP contribution in [0.1, 0.15) is 108 Å². The van der Waals surface area contributed by atoms with E-state index in [1.54, 1.807) is 19.2 Å². The van der Waals surface area contributed by atoms with Crippen molar-refractivity contribution < 1.29 is 29.0 Å². The predicted octanol–water partition coefficient (Wildman–Crippen LogP) is 5.62. The van der Waals surface area contributed by atoms with E-state index in [-0.39, 0.29) is 35.9 Å². The highest BCUT2D eigenvalue weighted by molar-refractivity contribution is 7.09. The number of benzene rings is 1. The second-order valence-corrected chi connectivity index (χ2v) is 13.8. The Morgan fingerprint density at radius 3 is 2.29 bits per heavy atom. The average molecular weight is 645 g/mol. The van der Waals surface area contributed by atoms with Crippen LogP contribution in [-0.4, -0.2) is 63.4 Å². The van der Waals surface area contributed by atoms with Gasteiger partial charge < -0.3 is 25.8 Å². The monoisotopic (exact) mass is 644 g/mol. The smallest absolute Gasteiger partial charge is 0.309 e. The highest BCUT2D eigenvalue weighted by Crippen LogP contribution is 2.32. The third-order valence-corrected chi connectivity index (χ3v) is 9.19. The number of hydrogen-bond acceptors (Lipinski definition) is 8. The van der Waals surface area contributed by atoms with Gasteiger partial charge in [0.05, 0.1) is 11.5 Å². The number of carboxylic acid groups (broad SMARTS) is 1. The molecular formula is C34H52N4O6S. The minimum absolute atomic E-state index is 0.0146. The van der Waals surface area contributed by atoms with Gasteiger partial charge in [-0.25, -0.2) is 4.98 Å². The van der Waals surface area contributed by atoms with E-state index >= 15 is 0 Å². The summed E-state index contributed by atoms with van der Waals surface area (Å²) >= 11 is 1.21. The van der Waals surface area contributed by atoms with E-state index in [1.807, 2.05) is 69.9 Å². The standard InChI is InChI=1S/C34H52N4O6S/c1-9-16-38(32(41)29(35)22(5)10-2)27(21(3)4)18-28(44-23(6)39)31-37-26(20-45-31)30(40)36-25(19-34(7,8)33(42)43)17-24-14-12-11-13-15-24/h11-15,20-22,25,27-29H,9-10,16-19,35H2,1-8H3,(H,36,40)(H,42,43)/t22-,25-,27+,28+,29-/m0/s1. The minimum atomic E-state index is -1.06. The van der Waals surface area contributed by atoms with Crippen LogP contribution in [0.4, 0.5) is 0 Å². The van der Waals surface area contributed by atoms with Crippen molar-refractivity contribution in [2.24, 2.45) is 23.0 Å². The molecule has 1 aromatic carbocycles. The van der Waals surface area contributed by atoms with Gasteiger partial charge in [0.15, 0.2) is 6.10 Å². The Bertz CT molecular complexity index is 1260. The lowest BCUT2D eigenvalue weighted by Gasteiger charge is -2.38. The van der Waals surface area contributed by atoms with Crippen molar-refractivity contribution in [3.05, 3.63) is 52.0 Å². The number of ether oxygens (including phenoxy) is 1. The Morgan fingerprint density at radius 1 is 1.11 bits per heavy atom. The summed E-state index contributed by atoms with van der Waals surface area (Å²) in [5.41, 5.74) is 6.44. The molecule has 2 aromatic rings. The van der Waals surface area contributed by atoms with Gasteiger partial charge in [-0.2, -0.15) is 0 Å². The summed E-state index contributed by atoms with van der Waals surface area (Å²) in [6.45, 7) is 15.1. The molecule has 0 aliphatic heterocycles. The summed E-state index contributed by atoms with van der Waals surface area (Å²) in [6, 6.07) is 8.18. The normalized spacial score (nSPS) is 15.1. The van der Waals surface area contributed by atoms with Crippen molar-refractivity contribution in [3.8, 4) is 0 Å². The van der Waals surface area contributed by atoms with Gasteiger partial charge in [-0.05, 0) is 50.5 Å². The molecule has 0 spiro atoms. The molecule has 250 valence electrons. The number of esters is 1. The van der Waals surface area contributed by atoms with Gasteiger partial charge in [-0.15, -0.1) is 11.3 Å². The van der Waals surface area contributed by atoms with E-state index < -0.39 is 41.4 Å². The first-order valence-electron chi connectivity index (χ1n) is 15.9. The van der Waals surface area contributed by atoms with Gasteiger partial charge in [-0.3, -0.25) is 19.2 Å². The van der Waals surface area contributed by atoms with Crippen molar-refractivity contribution in [1.29, 1.82) is 0 Å². The molecule has 5 atom stereocenters. The van der Waals surface area contributed by atoms with Crippen LogP contribution in [-0.2, 0) is 25.5 Å². The van der Waals surface area contributed by atoms with E-state index in [1.165, 1.54) is 18.3 Å². The van der Waals surface area contributed by atoms with E-state index in [2.05, 4.69) is 10.3 Å². The summed E-state index contributed by atoms with van der Waals surface area (Å²) in [7, 11) is 0. The molecule has 0 fully saturated rings. The molecule has 0 saturated heterocycles. The lowest BCUT2D eigenvalue weighted by atomic mass is 9.84. The number of carbonyl (C=O) groups is 4. The second kappa shape index (κ2) is 17.4. The zero-order valence-electron chi connectivity index (χ0n) is 28.0. The maximum atomic E-state index is 13.6. The van der Waals surface area contributed by atoms with Crippen LogP contribution in [0.25, 0.3) is 0 Å². The maximum absolute atomic E-state index is 13.6. The topological polar surface area (TPSA) is 152 Å². The second-order valence-electron chi connectivity index (χ2n) is 12.9. The van der Waals surface area contributed by atoms with Gasteiger partial charge in [0.1, 0.15) is 10.7 Å². The Balaban J connectivity index is 2.35. The molecule has 2 amide bonds. The lowest BCUT2D eigenvalue weighted by molar-refractivity contribution is -0.149. The fourth-order valence-electron chi connectivity index (χ4n) is 5.32. The Labute approximate surface area is 272 Å². The quantitative estimate of drug-likeness (QED) is 0.177. The zero-order chi connectivity index (χ0) is 33.9. The summed E-state index contributed by atoms with van der Waals surface area (Å²) in [6.07, 6.45) is 1.70. The molecule has 1 aromatic heterocycles. The molecule has 45 heavy (non-hydrogen) atoms. The number of nitrogens with two attached hydrogens (primary N) is 1. The van der Waals surface area contributed by atoms with Crippen LogP contribution in [0.2, 0.25) is 0 Å². The summed E-state index contributed by atoms with van der Waals surface area (Å²) in [5.74, 6) is -1.96. The fraction of sp³-hybridized carbons (Fsp3) is 0.618. The number of hydrogen-bond donors (Lipinski definition) is 3. The minimum Gasteiger partial charge on any atom is -0.481 e. The molecule has 11 heteroatoms. The number of aliphatic carboxylic acids is 1. The molecular weight excluding hydrogens is 592 g/mol. The third kappa shape index (κ3) is 11.2. The van der Waals surface area contributed by atoms with Gasteiger partial charge in [-0.1, -0.05) is 71.4 Å². The van der Waals surface area contributed by atoms with E-state index in [9.17, 15) is 24.3 Å². The van der Waals surface area contributed by atoms with Gasteiger partial charge in [0.25, 0.3) is 5.91 Å². The van der Waals surface area contributed by atoms with Crippen LogP contribution < -0.4 is 11.1 Å². The fourth-order valence-corrected chi connectivity index (χ4v) is 6.16. The summed E-state index contributed by atoms with van der Waals surface area (Å²) in [4.78, 5) is 57.5. The maximum Gasteiger partial charge on any atom is 0.309 e. The predicted molar refractivity (Wildman–Crippen MR) is 177 cm³/mol. The zero-order valence-corrected chi connectivity index (χ0v) is 28.9. The lowest BCUT2D eigenvalue weighted by Crippen LogP contribution is -2.53. The van der Waals surface area contributed by atoms with E-state index in [0.29, 0.717) is 24.4 Å². The first-order chi connectivity index (χ1) is 21.1. The number of rotatable bonds is 18. The third-order valence-electron chi connectivity index (χ3n) is 8.25. The number of amides is 2. The summed E-state index contributed by atoms with van der Waals surface area (Å²) in [5, 5.41) is 14.8. The molecule has 1 heterocycles. The number of nitrogens with zero attached hydrogens (tertiary/aromatic N) is 2. The molecule has 0 aliphatic carbocycles.